The van der Waals surface area contributed by atoms with Crippen LogP contribution in [0.2, 0.25) is 0 Å². The zero-order valence-electron chi connectivity index (χ0n) is 11.2. The summed E-state index contributed by atoms with van der Waals surface area (Å²) in [7, 11) is -3.83. The Morgan fingerprint density at radius 3 is 2.56 bits per heavy atom. The molecule has 1 heterocycles. The number of nitrogens with zero attached hydrogens (tertiary/aromatic N) is 1. The first-order valence-electron chi connectivity index (χ1n) is 5.86. The molecule has 1 rings (SSSR count). The van der Waals surface area contributed by atoms with Gasteiger partial charge in [-0.3, -0.25) is 0 Å². The van der Waals surface area contributed by atoms with Crippen molar-refractivity contribution in [2.24, 2.45) is 0 Å². The Balaban J connectivity index is 2.66. The van der Waals surface area contributed by atoms with E-state index >= 15 is 0 Å². The predicted molar refractivity (Wildman–Crippen MR) is 67.3 cm³/mol. The summed E-state index contributed by atoms with van der Waals surface area (Å²) in [5, 5.41) is 3.20. The fourth-order valence-corrected chi connectivity index (χ4v) is 2.92. The lowest BCUT2D eigenvalue weighted by Gasteiger charge is -2.37. The van der Waals surface area contributed by atoms with Crippen LogP contribution in [0.15, 0.2) is 0 Å². The molecule has 0 unspecified atom stereocenters. The van der Waals surface area contributed by atoms with Crippen LogP contribution in [-0.2, 0) is 14.9 Å². The monoisotopic (exact) mass is 279 g/mol. The van der Waals surface area contributed by atoms with Crippen molar-refractivity contribution < 1.29 is 17.9 Å². The lowest BCUT2D eigenvalue weighted by molar-refractivity contribution is 0.120. The van der Waals surface area contributed by atoms with E-state index in [0.29, 0.717) is 19.6 Å². The molecule has 8 heteroatoms. The van der Waals surface area contributed by atoms with E-state index in [-0.39, 0.29) is 11.6 Å². The second-order valence-electron chi connectivity index (χ2n) is 5.21. The molecule has 0 spiro atoms. The Kier molecular flexibility index (Phi) is 4.57. The molecule has 106 valence electrons. The Morgan fingerprint density at radius 2 is 2.06 bits per heavy atom. The summed E-state index contributed by atoms with van der Waals surface area (Å²) >= 11 is 0. The first-order chi connectivity index (χ1) is 8.12. The van der Waals surface area contributed by atoms with Crippen LogP contribution in [0.1, 0.15) is 27.7 Å². The van der Waals surface area contributed by atoms with E-state index < -0.39 is 16.3 Å². The molecule has 0 radical (unpaired) electrons. The molecule has 18 heavy (non-hydrogen) atoms. The predicted octanol–water partition coefficient (Wildman–Crippen LogP) is 0.0496. The molecule has 1 fully saturated rings. The minimum Gasteiger partial charge on any atom is -0.446 e. The molecule has 1 saturated heterocycles. The number of hydrogen-bond acceptors (Lipinski definition) is 5. The van der Waals surface area contributed by atoms with Gasteiger partial charge in [0.2, 0.25) is 0 Å². The summed E-state index contributed by atoms with van der Waals surface area (Å²) in [6.07, 6.45) is -1.30. The molecule has 0 aliphatic carbocycles. The van der Waals surface area contributed by atoms with Gasteiger partial charge in [0, 0.05) is 25.2 Å². The standard InChI is InChI=1S/C10H21N3O4S/c1-8(2)17-9(14)12-18(15,16)13-6-5-11-10(3,4)7-13/h8,11H,5-7H2,1-4H3,(H,12,14). The highest BCUT2D eigenvalue weighted by Gasteiger charge is 2.34. The zero-order valence-corrected chi connectivity index (χ0v) is 12.0. The largest absolute Gasteiger partial charge is 0.446 e. The third-order valence-corrected chi connectivity index (χ3v) is 3.85. The number of carbonyl (C=O) groups is 1. The van der Waals surface area contributed by atoms with Crippen molar-refractivity contribution in [2.45, 2.75) is 39.3 Å². The molecule has 2 N–H and O–H groups in total. The Labute approximate surface area is 108 Å². The van der Waals surface area contributed by atoms with Crippen molar-refractivity contribution >= 4 is 16.3 Å². The summed E-state index contributed by atoms with van der Waals surface area (Å²) in [5.41, 5.74) is -0.311. The van der Waals surface area contributed by atoms with Crippen LogP contribution in [-0.4, -0.2) is 50.1 Å². The molecule has 1 amide bonds. The normalized spacial score (nSPS) is 20.7. The van der Waals surface area contributed by atoms with E-state index in [4.69, 9.17) is 4.74 Å². The lowest BCUT2D eigenvalue weighted by atomic mass is 10.0. The topological polar surface area (TPSA) is 87.7 Å². The highest BCUT2D eigenvalue weighted by molar-refractivity contribution is 7.87. The average Bonchev–Trinajstić information content (AvgIpc) is 2.13. The summed E-state index contributed by atoms with van der Waals surface area (Å²) in [6.45, 7) is 8.29. The molecule has 1 aliphatic heterocycles. The smallest absolute Gasteiger partial charge is 0.422 e. The number of carbonyl (C=O) groups excluding carboxylic acids is 1. The quantitative estimate of drug-likeness (QED) is 0.762. The van der Waals surface area contributed by atoms with Crippen molar-refractivity contribution in [3.63, 3.8) is 0 Å². The molecule has 1 aliphatic rings. The lowest BCUT2D eigenvalue weighted by Crippen LogP contribution is -2.60. The molecule has 0 bridgehead atoms. The second-order valence-corrected chi connectivity index (χ2v) is 6.88. The van der Waals surface area contributed by atoms with Gasteiger partial charge in [0.15, 0.2) is 0 Å². The van der Waals surface area contributed by atoms with E-state index in [1.54, 1.807) is 13.8 Å². The van der Waals surface area contributed by atoms with Gasteiger partial charge in [-0.05, 0) is 27.7 Å². The van der Waals surface area contributed by atoms with Gasteiger partial charge in [-0.2, -0.15) is 12.7 Å². The van der Waals surface area contributed by atoms with Crippen LogP contribution in [0.25, 0.3) is 0 Å². The van der Waals surface area contributed by atoms with Crippen molar-refractivity contribution in [2.75, 3.05) is 19.6 Å². The van der Waals surface area contributed by atoms with Gasteiger partial charge >= 0.3 is 16.3 Å². The van der Waals surface area contributed by atoms with Crippen LogP contribution in [0.3, 0.4) is 0 Å². The fraction of sp³-hybridized carbons (Fsp3) is 0.900. The summed E-state index contributed by atoms with van der Waals surface area (Å²) < 4.78 is 31.8. The Bertz CT molecular complexity index is 405. The van der Waals surface area contributed by atoms with Crippen LogP contribution >= 0.6 is 0 Å². The molecule has 0 aromatic rings. The van der Waals surface area contributed by atoms with Gasteiger partial charge in [-0.15, -0.1) is 0 Å². The molecule has 0 aromatic carbocycles. The maximum absolute atomic E-state index is 12.0. The highest BCUT2D eigenvalue weighted by atomic mass is 32.2. The van der Waals surface area contributed by atoms with E-state index in [1.165, 1.54) is 4.31 Å². The van der Waals surface area contributed by atoms with Crippen LogP contribution in [0.5, 0.6) is 0 Å². The Hall–Kier alpha value is -0.860. The van der Waals surface area contributed by atoms with Gasteiger partial charge in [0.05, 0.1) is 6.10 Å². The number of piperazine rings is 1. The maximum atomic E-state index is 12.0. The van der Waals surface area contributed by atoms with E-state index in [1.807, 2.05) is 18.6 Å². The first-order valence-corrected chi connectivity index (χ1v) is 7.30. The number of rotatable bonds is 3. The molecule has 7 nitrogen and oxygen atoms in total. The maximum Gasteiger partial charge on any atom is 0.422 e. The van der Waals surface area contributed by atoms with Crippen LogP contribution < -0.4 is 10.0 Å². The molecule has 0 aromatic heterocycles. The van der Waals surface area contributed by atoms with Crippen molar-refractivity contribution in [1.82, 2.24) is 14.3 Å². The van der Waals surface area contributed by atoms with Crippen molar-refractivity contribution in [3.8, 4) is 0 Å². The van der Waals surface area contributed by atoms with E-state index in [0.717, 1.165) is 0 Å². The van der Waals surface area contributed by atoms with Gasteiger partial charge in [-0.1, -0.05) is 0 Å². The van der Waals surface area contributed by atoms with Crippen molar-refractivity contribution in [3.05, 3.63) is 0 Å². The SMILES string of the molecule is CC(C)OC(=O)NS(=O)(=O)N1CCNC(C)(C)C1. The van der Waals surface area contributed by atoms with Crippen molar-refractivity contribution in [1.29, 1.82) is 0 Å². The average molecular weight is 279 g/mol. The molecular formula is C10H21N3O4S. The highest BCUT2D eigenvalue weighted by Crippen LogP contribution is 2.12. The third-order valence-electron chi connectivity index (χ3n) is 2.43. The first kappa shape index (κ1) is 15.2. The number of amides is 1. The molecular weight excluding hydrogens is 258 g/mol. The van der Waals surface area contributed by atoms with Gasteiger partial charge in [-0.25, -0.2) is 9.52 Å². The number of ether oxygens (including phenoxy) is 1. The van der Waals surface area contributed by atoms with Crippen LogP contribution in [0.4, 0.5) is 4.79 Å². The molecule has 0 atom stereocenters. The minimum atomic E-state index is -3.83. The van der Waals surface area contributed by atoms with E-state index in [9.17, 15) is 13.2 Å². The van der Waals surface area contributed by atoms with Gasteiger partial charge in [0.1, 0.15) is 0 Å². The van der Waals surface area contributed by atoms with Gasteiger partial charge in [0.25, 0.3) is 0 Å². The summed E-state index contributed by atoms with van der Waals surface area (Å²) in [4.78, 5) is 11.3. The molecule has 0 saturated carbocycles. The zero-order chi connectivity index (χ0) is 14.0. The third kappa shape index (κ3) is 4.43. The minimum absolute atomic E-state index is 0.303. The number of hydrogen-bond donors (Lipinski definition) is 2. The Morgan fingerprint density at radius 1 is 1.44 bits per heavy atom. The summed E-state index contributed by atoms with van der Waals surface area (Å²) in [5.74, 6) is 0. The van der Waals surface area contributed by atoms with E-state index in [2.05, 4.69) is 5.32 Å². The second kappa shape index (κ2) is 5.41. The fourth-order valence-electron chi connectivity index (χ4n) is 1.71. The number of nitrogens with one attached hydrogen (secondary N) is 2. The summed E-state index contributed by atoms with van der Waals surface area (Å²) in [6, 6.07) is 0. The van der Waals surface area contributed by atoms with Crippen LogP contribution in [0, 0.1) is 0 Å². The van der Waals surface area contributed by atoms with Gasteiger partial charge < -0.3 is 10.1 Å².